The summed E-state index contributed by atoms with van der Waals surface area (Å²) in [6.07, 6.45) is 2.07. The lowest BCUT2D eigenvalue weighted by atomic mass is 10.1. The van der Waals surface area contributed by atoms with Gasteiger partial charge in [-0.1, -0.05) is 20.3 Å². The molecule has 0 bridgehead atoms. The number of ether oxygens (including phenoxy) is 1. The highest BCUT2D eigenvalue weighted by Gasteiger charge is 2.13. The molecule has 0 fully saturated rings. The van der Waals surface area contributed by atoms with Crippen molar-refractivity contribution >= 4 is 11.8 Å². The van der Waals surface area contributed by atoms with Crippen LogP contribution in [0.1, 0.15) is 40.0 Å². The van der Waals surface area contributed by atoms with Gasteiger partial charge in [0.1, 0.15) is 0 Å². The average molecular weight is 186 g/mol. The van der Waals surface area contributed by atoms with Crippen molar-refractivity contribution in [3.63, 3.8) is 0 Å². The molecule has 0 unspecified atom stereocenters. The first kappa shape index (κ1) is 12.1. The zero-order valence-electron chi connectivity index (χ0n) is 8.63. The van der Waals surface area contributed by atoms with E-state index in [1.165, 1.54) is 0 Å². The predicted octanol–water partition coefficient (Wildman–Crippen LogP) is 1.94. The van der Waals surface area contributed by atoms with Crippen LogP contribution in [-0.2, 0) is 14.3 Å². The van der Waals surface area contributed by atoms with E-state index in [0.717, 1.165) is 12.8 Å². The molecule has 0 heterocycles. The first-order valence-electron chi connectivity index (χ1n) is 4.77. The van der Waals surface area contributed by atoms with Gasteiger partial charge in [0.2, 0.25) is 5.78 Å². The van der Waals surface area contributed by atoms with Gasteiger partial charge in [-0.05, 0) is 19.3 Å². The number of rotatable bonds is 6. The molecule has 0 spiro atoms. The second-order valence-electron chi connectivity index (χ2n) is 3.43. The Labute approximate surface area is 79.5 Å². The van der Waals surface area contributed by atoms with Crippen LogP contribution in [0.2, 0.25) is 0 Å². The number of Topliss-reactive ketones (excluding diaryl/α,β-unsaturated/α-hetero) is 1. The largest absolute Gasteiger partial charge is 0.460 e. The monoisotopic (exact) mass is 186 g/mol. The molecular formula is C10H18O3. The topological polar surface area (TPSA) is 43.4 Å². The molecule has 0 aliphatic carbocycles. The molecule has 13 heavy (non-hydrogen) atoms. The van der Waals surface area contributed by atoms with Gasteiger partial charge in [0.25, 0.3) is 0 Å². The smallest absolute Gasteiger partial charge is 0.374 e. The van der Waals surface area contributed by atoms with Crippen LogP contribution in [0.15, 0.2) is 0 Å². The van der Waals surface area contributed by atoms with Gasteiger partial charge in [0.05, 0.1) is 6.61 Å². The van der Waals surface area contributed by atoms with Crippen LogP contribution in [0.4, 0.5) is 0 Å². The number of carbonyl (C=O) groups excluding carboxylic acids is 2. The minimum absolute atomic E-state index is 0.273. The summed E-state index contributed by atoms with van der Waals surface area (Å²) in [6.45, 7) is 6.15. The van der Waals surface area contributed by atoms with E-state index in [0.29, 0.717) is 12.3 Å². The average Bonchev–Trinajstić information content (AvgIpc) is 2.04. The summed E-state index contributed by atoms with van der Waals surface area (Å²) in [4.78, 5) is 21.9. The van der Waals surface area contributed by atoms with Gasteiger partial charge in [-0.15, -0.1) is 0 Å². The SMILES string of the molecule is CCOC(=O)C(=O)CCCC(C)C. The summed E-state index contributed by atoms with van der Waals surface area (Å²) in [6, 6.07) is 0. The Balaban J connectivity index is 3.56. The van der Waals surface area contributed by atoms with Gasteiger partial charge in [0.15, 0.2) is 0 Å². The van der Waals surface area contributed by atoms with E-state index in [2.05, 4.69) is 18.6 Å². The van der Waals surface area contributed by atoms with Crippen molar-refractivity contribution in [2.75, 3.05) is 6.61 Å². The summed E-state index contributed by atoms with van der Waals surface area (Å²) in [5.41, 5.74) is 0. The molecule has 0 saturated heterocycles. The van der Waals surface area contributed by atoms with Crippen LogP contribution in [-0.4, -0.2) is 18.4 Å². The van der Waals surface area contributed by atoms with Crippen molar-refractivity contribution < 1.29 is 14.3 Å². The van der Waals surface area contributed by atoms with Crippen LogP contribution < -0.4 is 0 Å². The molecule has 0 radical (unpaired) electrons. The molecule has 0 atom stereocenters. The molecule has 3 heteroatoms. The lowest BCUT2D eigenvalue weighted by Gasteiger charge is -2.03. The van der Waals surface area contributed by atoms with Crippen molar-refractivity contribution in [2.45, 2.75) is 40.0 Å². The fourth-order valence-electron chi connectivity index (χ4n) is 0.985. The molecule has 0 N–H and O–H groups in total. The number of hydrogen-bond donors (Lipinski definition) is 0. The molecule has 0 aromatic heterocycles. The summed E-state index contributed by atoms with van der Waals surface area (Å²) in [5, 5.41) is 0. The Bertz CT molecular complexity index is 173. The summed E-state index contributed by atoms with van der Waals surface area (Å²) < 4.78 is 4.57. The molecule has 0 aliphatic rings. The minimum Gasteiger partial charge on any atom is -0.460 e. The Morgan fingerprint density at radius 2 is 1.92 bits per heavy atom. The Morgan fingerprint density at radius 3 is 2.38 bits per heavy atom. The first-order valence-corrected chi connectivity index (χ1v) is 4.77. The number of esters is 1. The molecular weight excluding hydrogens is 168 g/mol. The quantitative estimate of drug-likeness (QED) is 0.470. The second kappa shape index (κ2) is 6.63. The van der Waals surface area contributed by atoms with Gasteiger partial charge >= 0.3 is 5.97 Å². The van der Waals surface area contributed by atoms with Crippen molar-refractivity contribution in [3.05, 3.63) is 0 Å². The Morgan fingerprint density at radius 1 is 1.31 bits per heavy atom. The Kier molecular flexibility index (Phi) is 6.20. The van der Waals surface area contributed by atoms with Crippen LogP contribution in [0, 0.1) is 5.92 Å². The normalized spacial score (nSPS) is 10.2. The summed E-state index contributed by atoms with van der Waals surface area (Å²) in [7, 11) is 0. The molecule has 0 saturated carbocycles. The zero-order chi connectivity index (χ0) is 10.3. The van der Waals surface area contributed by atoms with E-state index >= 15 is 0 Å². The highest BCUT2D eigenvalue weighted by molar-refractivity contribution is 6.33. The van der Waals surface area contributed by atoms with E-state index < -0.39 is 11.8 Å². The molecule has 0 aromatic rings. The second-order valence-corrected chi connectivity index (χ2v) is 3.43. The lowest BCUT2D eigenvalue weighted by molar-refractivity contribution is -0.153. The van der Waals surface area contributed by atoms with Crippen LogP contribution >= 0.6 is 0 Å². The maximum Gasteiger partial charge on any atom is 0.374 e. The van der Waals surface area contributed by atoms with Gasteiger partial charge in [-0.25, -0.2) is 4.79 Å². The highest BCUT2D eigenvalue weighted by atomic mass is 16.5. The van der Waals surface area contributed by atoms with E-state index in [9.17, 15) is 9.59 Å². The maximum atomic E-state index is 11.0. The van der Waals surface area contributed by atoms with Gasteiger partial charge in [-0.3, -0.25) is 4.79 Å². The number of hydrogen-bond acceptors (Lipinski definition) is 3. The lowest BCUT2D eigenvalue weighted by Crippen LogP contribution is -2.17. The summed E-state index contributed by atoms with van der Waals surface area (Å²) in [5.74, 6) is -0.510. The van der Waals surface area contributed by atoms with Crippen molar-refractivity contribution in [1.82, 2.24) is 0 Å². The van der Waals surface area contributed by atoms with Crippen LogP contribution in [0.25, 0.3) is 0 Å². The molecule has 0 rings (SSSR count). The van der Waals surface area contributed by atoms with Crippen molar-refractivity contribution in [3.8, 4) is 0 Å². The predicted molar refractivity (Wildman–Crippen MR) is 50.3 cm³/mol. The Hall–Kier alpha value is -0.860. The molecule has 0 aliphatic heterocycles. The van der Waals surface area contributed by atoms with Crippen LogP contribution in [0.3, 0.4) is 0 Å². The fourth-order valence-corrected chi connectivity index (χ4v) is 0.985. The van der Waals surface area contributed by atoms with E-state index in [4.69, 9.17) is 0 Å². The number of carbonyl (C=O) groups is 2. The number of ketones is 1. The van der Waals surface area contributed by atoms with Gasteiger partial charge < -0.3 is 4.74 Å². The third-order valence-corrected chi connectivity index (χ3v) is 1.69. The van der Waals surface area contributed by atoms with E-state index in [1.807, 2.05) is 0 Å². The molecule has 0 amide bonds. The third kappa shape index (κ3) is 6.31. The van der Waals surface area contributed by atoms with Crippen molar-refractivity contribution in [2.24, 2.45) is 5.92 Å². The molecule has 0 aromatic carbocycles. The molecule has 3 nitrogen and oxygen atoms in total. The van der Waals surface area contributed by atoms with Crippen molar-refractivity contribution in [1.29, 1.82) is 0 Å². The minimum atomic E-state index is -0.689. The summed E-state index contributed by atoms with van der Waals surface area (Å²) >= 11 is 0. The third-order valence-electron chi connectivity index (χ3n) is 1.69. The van der Waals surface area contributed by atoms with Gasteiger partial charge in [-0.2, -0.15) is 0 Å². The first-order chi connectivity index (χ1) is 6.07. The zero-order valence-corrected chi connectivity index (χ0v) is 8.63. The fraction of sp³-hybridized carbons (Fsp3) is 0.800. The highest BCUT2D eigenvalue weighted by Crippen LogP contribution is 2.06. The molecule has 76 valence electrons. The van der Waals surface area contributed by atoms with E-state index in [1.54, 1.807) is 6.92 Å². The van der Waals surface area contributed by atoms with Crippen LogP contribution in [0.5, 0.6) is 0 Å². The maximum absolute atomic E-state index is 11.0. The van der Waals surface area contributed by atoms with Gasteiger partial charge in [0, 0.05) is 6.42 Å². The van der Waals surface area contributed by atoms with E-state index in [-0.39, 0.29) is 6.61 Å². The standard InChI is InChI=1S/C10H18O3/c1-4-13-10(12)9(11)7-5-6-8(2)3/h8H,4-7H2,1-3H3.